The first-order chi connectivity index (χ1) is 3.81. The summed E-state index contributed by atoms with van der Waals surface area (Å²) in [4.78, 5) is 19.6. The topological polar surface area (TPSA) is 43.4 Å². The SMILES string of the molecule is COC(=O)C=CC=O. The first-order valence-corrected chi connectivity index (χ1v) is 2.01. The number of hydrogen-bond donors (Lipinski definition) is 0. The second-order valence-electron chi connectivity index (χ2n) is 1.02. The van der Waals surface area contributed by atoms with E-state index in [-0.39, 0.29) is 0 Å². The molecule has 0 heterocycles. The average Bonchev–Trinajstić information content (AvgIpc) is 1.83. The molecule has 0 aromatic rings. The van der Waals surface area contributed by atoms with E-state index in [0.717, 1.165) is 12.2 Å². The van der Waals surface area contributed by atoms with E-state index in [0.29, 0.717) is 6.29 Å². The van der Waals surface area contributed by atoms with Crippen molar-refractivity contribution in [2.24, 2.45) is 0 Å². The van der Waals surface area contributed by atoms with Gasteiger partial charge in [-0.1, -0.05) is 0 Å². The molecule has 3 nitrogen and oxygen atoms in total. The van der Waals surface area contributed by atoms with Crippen molar-refractivity contribution in [1.82, 2.24) is 0 Å². The molecule has 0 N–H and O–H groups in total. The Morgan fingerprint density at radius 1 is 1.62 bits per heavy atom. The Bertz CT molecular complexity index is 115. The van der Waals surface area contributed by atoms with Crippen LogP contribution in [0.5, 0.6) is 0 Å². The maximum atomic E-state index is 10.1. The summed E-state index contributed by atoms with van der Waals surface area (Å²) >= 11 is 0. The normalized spacial score (nSPS) is 9.12. The van der Waals surface area contributed by atoms with Crippen LogP contribution in [0.2, 0.25) is 0 Å². The minimum absolute atomic E-state index is 0.511. The molecule has 0 spiro atoms. The van der Waals surface area contributed by atoms with Crippen LogP contribution in [0.25, 0.3) is 0 Å². The first kappa shape index (κ1) is 6.88. The molecule has 3 heteroatoms. The van der Waals surface area contributed by atoms with Crippen LogP contribution in [0.15, 0.2) is 12.2 Å². The summed E-state index contributed by atoms with van der Waals surface area (Å²) in [5, 5.41) is 0. The largest absolute Gasteiger partial charge is 0.466 e. The Labute approximate surface area is 46.9 Å². The standard InChI is InChI=1S/C5H6O3/c1-8-5(7)3-2-4-6/h2-4H,1H3. The molecule has 0 radical (unpaired) electrons. The minimum atomic E-state index is -0.517. The number of methoxy groups -OCH3 is 1. The lowest BCUT2D eigenvalue weighted by molar-refractivity contribution is -0.135. The zero-order valence-electron chi connectivity index (χ0n) is 4.46. The average molecular weight is 114 g/mol. The lowest BCUT2D eigenvalue weighted by Gasteiger charge is -1.84. The maximum Gasteiger partial charge on any atom is 0.330 e. The second-order valence-corrected chi connectivity index (χ2v) is 1.02. The van der Waals surface area contributed by atoms with Gasteiger partial charge >= 0.3 is 5.97 Å². The van der Waals surface area contributed by atoms with Crippen molar-refractivity contribution in [3.63, 3.8) is 0 Å². The fraction of sp³-hybridized carbons (Fsp3) is 0.200. The van der Waals surface area contributed by atoms with E-state index in [1.54, 1.807) is 0 Å². The predicted molar refractivity (Wildman–Crippen MR) is 27.2 cm³/mol. The summed E-state index contributed by atoms with van der Waals surface area (Å²) in [6.07, 6.45) is 2.63. The van der Waals surface area contributed by atoms with Gasteiger partial charge in [0.25, 0.3) is 0 Å². The van der Waals surface area contributed by atoms with Gasteiger partial charge in [-0.2, -0.15) is 0 Å². The van der Waals surface area contributed by atoms with Crippen LogP contribution in [0.3, 0.4) is 0 Å². The van der Waals surface area contributed by atoms with Gasteiger partial charge in [0.2, 0.25) is 0 Å². The second kappa shape index (κ2) is 4.05. The van der Waals surface area contributed by atoms with E-state index in [9.17, 15) is 9.59 Å². The molecule has 0 aliphatic carbocycles. The van der Waals surface area contributed by atoms with Crippen LogP contribution >= 0.6 is 0 Å². The van der Waals surface area contributed by atoms with Gasteiger partial charge in [0, 0.05) is 6.08 Å². The molecule has 44 valence electrons. The third kappa shape index (κ3) is 3.08. The molecule has 0 bridgehead atoms. The Hall–Kier alpha value is -1.12. The molecule has 0 aliphatic rings. The summed E-state index contributed by atoms with van der Waals surface area (Å²) in [7, 11) is 1.25. The van der Waals surface area contributed by atoms with Gasteiger partial charge in [0.15, 0.2) is 0 Å². The molecular weight excluding hydrogens is 108 g/mol. The van der Waals surface area contributed by atoms with Gasteiger partial charge < -0.3 is 4.74 Å². The molecule has 0 atom stereocenters. The molecular formula is C5H6O3. The third-order valence-corrected chi connectivity index (χ3v) is 0.512. The van der Waals surface area contributed by atoms with Gasteiger partial charge in [-0.25, -0.2) is 4.79 Å². The van der Waals surface area contributed by atoms with Crippen molar-refractivity contribution >= 4 is 12.3 Å². The highest BCUT2D eigenvalue weighted by Crippen LogP contribution is 1.72. The molecule has 0 aromatic heterocycles. The van der Waals surface area contributed by atoms with Gasteiger partial charge in [-0.3, -0.25) is 4.79 Å². The molecule has 0 aromatic carbocycles. The van der Waals surface area contributed by atoms with Gasteiger partial charge in [0.1, 0.15) is 6.29 Å². The fourth-order valence-electron chi connectivity index (χ4n) is 0.186. The molecule has 0 rings (SSSR count). The van der Waals surface area contributed by atoms with Crippen LogP contribution in [0.1, 0.15) is 0 Å². The summed E-state index contributed by atoms with van der Waals surface area (Å²) < 4.78 is 4.17. The number of ether oxygens (including phenoxy) is 1. The molecule has 0 amide bonds. The Morgan fingerprint density at radius 3 is 2.62 bits per heavy atom. The number of carbonyl (C=O) groups is 2. The summed E-state index contributed by atoms with van der Waals surface area (Å²) in [6.45, 7) is 0. The number of rotatable bonds is 2. The zero-order valence-corrected chi connectivity index (χ0v) is 4.46. The van der Waals surface area contributed by atoms with Crippen molar-refractivity contribution < 1.29 is 14.3 Å². The monoisotopic (exact) mass is 114 g/mol. The van der Waals surface area contributed by atoms with Gasteiger partial charge in [-0.05, 0) is 6.08 Å². The van der Waals surface area contributed by atoms with Crippen LogP contribution < -0.4 is 0 Å². The van der Waals surface area contributed by atoms with E-state index in [2.05, 4.69) is 4.74 Å². The van der Waals surface area contributed by atoms with Gasteiger partial charge in [-0.15, -0.1) is 0 Å². The lowest BCUT2D eigenvalue weighted by Crippen LogP contribution is -1.93. The van der Waals surface area contributed by atoms with E-state index >= 15 is 0 Å². The van der Waals surface area contributed by atoms with Crippen molar-refractivity contribution in [1.29, 1.82) is 0 Å². The predicted octanol–water partition coefficient (Wildman–Crippen LogP) is -0.0855. The summed E-state index contributed by atoms with van der Waals surface area (Å²) in [5.74, 6) is -0.517. The van der Waals surface area contributed by atoms with E-state index in [1.165, 1.54) is 7.11 Å². The Balaban J connectivity index is 3.52. The molecule has 0 aliphatic heterocycles. The van der Waals surface area contributed by atoms with Gasteiger partial charge in [0.05, 0.1) is 7.11 Å². The summed E-state index contributed by atoms with van der Waals surface area (Å²) in [5.41, 5.74) is 0. The first-order valence-electron chi connectivity index (χ1n) is 2.01. The van der Waals surface area contributed by atoms with Crippen molar-refractivity contribution in [2.75, 3.05) is 7.11 Å². The quantitative estimate of drug-likeness (QED) is 0.286. The smallest absolute Gasteiger partial charge is 0.330 e. The molecule has 0 fully saturated rings. The molecule has 0 unspecified atom stereocenters. The maximum absolute atomic E-state index is 10.1. The Morgan fingerprint density at radius 2 is 2.25 bits per heavy atom. The van der Waals surface area contributed by atoms with Crippen molar-refractivity contribution in [3.05, 3.63) is 12.2 Å². The van der Waals surface area contributed by atoms with Crippen LogP contribution in [-0.2, 0) is 14.3 Å². The number of carbonyl (C=O) groups excluding carboxylic acids is 2. The summed E-state index contributed by atoms with van der Waals surface area (Å²) in [6, 6.07) is 0. The van der Waals surface area contributed by atoms with Crippen LogP contribution in [0.4, 0.5) is 0 Å². The zero-order chi connectivity index (χ0) is 6.41. The number of esters is 1. The third-order valence-electron chi connectivity index (χ3n) is 0.512. The molecule has 0 saturated heterocycles. The minimum Gasteiger partial charge on any atom is -0.466 e. The number of hydrogen-bond acceptors (Lipinski definition) is 3. The van der Waals surface area contributed by atoms with E-state index < -0.39 is 5.97 Å². The van der Waals surface area contributed by atoms with E-state index in [4.69, 9.17) is 0 Å². The highest BCUT2D eigenvalue weighted by atomic mass is 16.5. The van der Waals surface area contributed by atoms with Crippen LogP contribution in [0, 0.1) is 0 Å². The highest BCUT2D eigenvalue weighted by Gasteiger charge is 1.85. The fourth-order valence-corrected chi connectivity index (χ4v) is 0.186. The van der Waals surface area contributed by atoms with E-state index in [1.807, 2.05) is 0 Å². The molecule has 0 saturated carbocycles. The Kier molecular flexibility index (Phi) is 3.48. The van der Waals surface area contributed by atoms with Crippen molar-refractivity contribution in [2.45, 2.75) is 0 Å². The lowest BCUT2D eigenvalue weighted by atomic mass is 10.5. The van der Waals surface area contributed by atoms with Crippen molar-refractivity contribution in [3.8, 4) is 0 Å². The highest BCUT2D eigenvalue weighted by molar-refractivity contribution is 5.86. The molecule has 8 heavy (non-hydrogen) atoms. The number of aldehydes is 1. The number of allylic oxidation sites excluding steroid dienone is 1. The van der Waals surface area contributed by atoms with Crippen LogP contribution in [-0.4, -0.2) is 19.4 Å².